The molecule has 1 aliphatic heterocycles. The number of aromatic nitrogens is 1. The number of ether oxygens (including phenoxy) is 1. The van der Waals surface area contributed by atoms with Gasteiger partial charge in [-0.1, -0.05) is 38.0 Å². The van der Waals surface area contributed by atoms with E-state index in [9.17, 15) is 4.79 Å². The summed E-state index contributed by atoms with van der Waals surface area (Å²) in [6.45, 7) is 8.91. The van der Waals surface area contributed by atoms with Gasteiger partial charge in [0.25, 0.3) is 0 Å². The van der Waals surface area contributed by atoms with Crippen LogP contribution in [0.25, 0.3) is 27.9 Å². The van der Waals surface area contributed by atoms with Crippen LogP contribution in [0.15, 0.2) is 43.0 Å². The zero-order valence-corrected chi connectivity index (χ0v) is 22.3. The van der Waals surface area contributed by atoms with E-state index in [2.05, 4.69) is 64.8 Å². The van der Waals surface area contributed by atoms with Crippen LogP contribution in [0.1, 0.15) is 75.3 Å². The van der Waals surface area contributed by atoms with Crippen molar-refractivity contribution in [2.24, 2.45) is 0 Å². The van der Waals surface area contributed by atoms with Gasteiger partial charge in [0, 0.05) is 54.1 Å². The smallest absolute Gasteiger partial charge is 0.145 e. The van der Waals surface area contributed by atoms with Gasteiger partial charge in [0.2, 0.25) is 0 Å². The molecule has 0 unspecified atom stereocenters. The molecule has 2 fully saturated rings. The van der Waals surface area contributed by atoms with Gasteiger partial charge in [-0.05, 0) is 74.3 Å². The van der Waals surface area contributed by atoms with E-state index in [1.165, 1.54) is 65.5 Å². The van der Waals surface area contributed by atoms with Crippen LogP contribution in [0, 0.1) is 0 Å². The average Bonchev–Trinajstić information content (AvgIpc) is 3.15. The van der Waals surface area contributed by atoms with E-state index in [0.717, 1.165) is 55.6 Å². The van der Waals surface area contributed by atoms with Crippen LogP contribution in [-0.2, 0) is 11.3 Å². The number of nitrogens with one attached hydrogen (secondary N) is 1. The highest BCUT2D eigenvalue weighted by Gasteiger charge is 2.37. The van der Waals surface area contributed by atoms with Crippen LogP contribution in [-0.4, -0.2) is 36.6 Å². The van der Waals surface area contributed by atoms with Gasteiger partial charge in [-0.25, -0.2) is 0 Å². The molecule has 5 heteroatoms. The maximum absolute atomic E-state index is 11.8. The number of aldehydes is 1. The van der Waals surface area contributed by atoms with E-state index in [1.54, 1.807) is 0 Å². The molecule has 0 atom stereocenters. The van der Waals surface area contributed by atoms with Crippen molar-refractivity contribution in [1.82, 2.24) is 9.88 Å². The number of hydrogen-bond donors (Lipinski definition) is 1. The monoisotopic (exact) mass is 497 g/mol. The summed E-state index contributed by atoms with van der Waals surface area (Å²) in [6, 6.07) is 13.4. The summed E-state index contributed by atoms with van der Waals surface area (Å²) in [5.41, 5.74) is 8.20. The Morgan fingerprint density at radius 3 is 2.62 bits per heavy atom. The molecule has 0 amide bonds. The predicted molar refractivity (Wildman–Crippen MR) is 152 cm³/mol. The second kappa shape index (κ2) is 9.59. The summed E-state index contributed by atoms with van der Waals surface area (Å²) in [7, 11) is 2.19. The number of carbonyl (C=O) groups excluding carboxylic acids is 1. The second-order valence-electron chi connectivity index (χ2n) is 11.2. The molecule has 3 aliphatic rings. The third kappa shape index (κ3) is 4.13. The van der Waals surface area contributed by atoms with E-state index >= 15 is 0 Å². The summed E-state index contributed by atoms with van der Waals surface area (Å²) >= 11 is 0. The Labute approximate surface area is 220 Å². The fourth-order valence-electron chi connectivity index (χ4n) is 6.75. The van der Waals surface area contributed by atoms with Crippen molar-refractivity contribution >= 4 is 28.6 Å². The molecule has 2 saturated carbocycles. The van der Waals surface area contributed by atoms with E-state index in [1.807, 2.05) is 6.92 Å². The first-order valence-electron chi connectivity index (χ1n) is 14.1. The van der Waals surface area contributed by atoms with Gasteiger partial charge < -0.3 is 24.3 Å². The van der Waals surface area contributed by atoms with Gasteiger partial charge in [0.05, 0.1) is 17.8 Å². The van der Waals surface area contributed by atoms with Crippen LogP contribution in [0.2, 0.25) is 0 Å². The maximum Gasteiger partial charge on any atom is 0.145 e. The molecule has 3 aromatic rings. The zero-order chi connectivity index (χ0) is 25.6. The Kier molecular flexibility index (Phi) is 6.26. The molecule has 0 spiro atoms. The van der Waals surface area contributed by atoms with Crippen LogP contribution >= 0.6 is 0 Å². The highest BCUT2D eigenvalue weighted by atomic mass is 16.5. The second-order valence-corrected chi connectivity index (χ2v) is 11.2. The minimum Gasteiger partial charge on any atom is -0.494 e. The van der Waals surface area contributed by atoms with Gasteiger partial charge in [0.15, 0.2) is 0 Å². The molecule has 0 radical (unpaired) electrons. The third-order valence-corrected chi connectivity index (χ3v) is 8.94. The van der Waals surface area contributed by atoms with E-state index in [0.29, 0.717) is 12.5 Å². The van der Waals surface area contributed by atoms with Crippen molar-refractivity contribution in [1.29, 1.82) is 0 Å². The highest BCUT2D eigenvalue weighted by Crippen LogP contribution is 2.48. The van der Waals surface area contributed by atoms with Crippen molar-refractivity contribution < 1.29 is 9.53 Å². The molecule has 6 rings (SSSR count). The number of rotatable bonds is 7. The molecule has 5 nitrogen and oxygen atoms in total. The van der Waals surface area contributed by atoms with Crippen LogP contribution in [0.5, 0.6) is 5.75 Å². The fourth-order valence-corrected chi connectivity index (χ4v) is 6.75. The van der Waals surface area contributed by atoms with Crippen molar-refractivity contribution in [3.8, 4) is 17.0 Å². The molecule has 1 aromatic heterocycles. The Bertz CT molecular complexity index is 1340. The number of fused-ring (bicyclic) bond motifs is 5. The lowest BCUT2D eigenvalue weighted by Gasteiger charge is -2.39. The van der Waals surface area contributed by atoms with Gasteiger partial charge in [0.1, 0.15) is 12.0 Å². The number of nitrogens with zero attached hydrogens (tertiary/aromatic N) is 2. The van der Waals surface area contributed by atoms with Crippen LogP contribution in [0.4, 0.5) is 5.69 Å². The summed E-state index contributed by atoms with van der Waals surface area (Å²) in [5.74, 6) is 1.51. The van der Waals surface area contributed by atoms with Gasteiger partial charge in [-0.2, -0.15) is 0 Å². The molecule has 194 valence electrons. The molecule has 0 bridgehead atoms. The lowest BCUT2D eigenvalue weighted by atomic mass is 9.77. The van der Waals surface area contributed by atoms with Gasteiger partial charge in [-0.15, -0.1) is 0 Å². The maximum atomic E-state index is 11.8. The number of hydrogen-bond acceptors (Lipinski definition) is 4. The molecular weight excluding hydrogens is 458 g/mol. The largest absolute Gasteiger partial charge is 0.494 e. The topological polar surface area (TPSA) is 46.5 Å². The lowest BCUT2D eigenvalue weighted by molar-refractivity contribution is -0.115. The van der Waals surface area contributed by atoms with E-state index < -0.39 is 5.54 Å². The molecular formula is C32H39N3O2. The number of likely N-dealkylation sites (N-methyl/N-ethyl adjacent to an activating group) is 1. The first-order chi connectivity index (χ1) is 18.0. The van der Waals surface area contributed by atoms with E-state index in [-0.39, 0.29) is 0 Å². The molecule has 0 saturated heterocycles. The van der Waals surface area contributed by atoms with Gasteiger partial charge >= 0.3 is 0 Å². The van der Waals surface area contributed by atoms with Gasteiger partial charge in [-0.3, -0.25) is 0 Å². The minimum absolute atomic E-state index is 0.435. The first-order valence-corrected chi connectivity index (χ1v) is 14.1. The average molecular weight is 498 g/mol. The molecule has 37 heavy (non-hydrogen) atoms. The van der Waals surface area contributed by atoms with E-state index in [4.69, 9.17) is 4.74 Å². The molecule has 2 heterocycles. The molecule has 2 aliphatic carbocycles. The Morgan fingerprint density at radius 2 is 1.92 bits per heavy atom. The third-order valence-electron chi connectivity index (χ3n) is 8.94. The highest BCUT2D eigenvalue weighted by molar-refractivity contribution is 5.97. The Hall–Kier alpha value is -3.21. The van der Waals surface area contributed by atoms with Crippen molar-refractivity contribution in [2.45, 2.75) is 76.3 Å². The number of anilines is 1. The quantitative estimate of drug-likeness (QED) is 0.361. The standard InChI is InChI=1S/C32H39N3O2/c1-4-37-25-12-14-27-28(20-25)34(3)17-18-35-29-19-24(22(2)33-32(21-36)15-8-16-32)11-13-26(29)30(31(27)35)23-9-6-5-7-10-23/h11-14,19-21,23,33H,2,4-10,15-18H2,1,3H3. The molecule has 1 N–H and O–H groups in total. The summed E-state index contributed by atoms with van der Waals surface area (Å²) in [4.78, 5) is 14.2. The molecule has 2 aromatic carbocycles. The minimum atomic E-state index is -0.435. The van der Waals surface area contributed by atoms with Crippen LogP contribution in [0.3, 0.4) is 0 Å². The SMILES string of the molecule is C=C(NC1(C=O)CCC1)c1ccc2c(C3CCCCC3)c3n(c2c1)CCN(C)c1cc(OCC)ccc1-3. The lowest BCUT2D eigenvalue weighted by Crippen LogP contribution is -2.51. The van der Waals surface area contributed by atoms with Crippen LogP contribution < -0.4 is 15.0 Å². The van der Waals surface area contributed by atoms with Crippen molar-refractivity contribution in [3.63, 3.8) is 0 Å². The number of benzene rings is 2. The predicted octanol–water partition coefficient (Wildman–Crippen LogP) is 6.89. The van der Waals surface area contributed by atoms with Crippen molar-refractivity contribution in [3.05, 3.63) is 54.1 Å². The zero-order valence-electron chi connectivity index (χ0n) is 22.3. The van der Waals surface area contributed by atoms with Crippen molar-refractivity contribution in [2.75, 3.05) is 25.1 Å². The Morgan fingerprint density at radius 1 is 1.11 bits per heavy atom. The first kappa shape index (κ1) is 24.1. The normalized spacial score (nSPS) is 18.9. The Balaban J connectivity index is 1.51. The summed E-state index contributed by atoms with van der Waals surface area (Å²) < 4.78 is 8.44. The number of carbonyl (C=O) groups is 1. The summed E-state index contributed by atoms with van der Waals surface area (Å²) in [6.07, 6.45) is 10.4. The fraction of sp³-hybridized carbons (Fsp3) is 0.469. The summed E-state index contributed by atoms with van der Waals surface area (Å²) in [5, 5.41) is 4.84.